The van der Waals surface area contributed by atoms with Gasteiger partial charge in [-0.3, -0.25) is 4.79 Å². The number of halogens is 2. The molecule has 15 heavy (non-hydrogen) atoms. The third-order valence-electron chi connectivity index (χ3n) is 1.85. The molecule has 0 spiro atoms. The zero-order chi connectivity index (χ0) is 11.6. The van der Waals surface area contributed by atoms with Crippen molar-refractivity contribution in [3.05, 3.63) is 23.0 Å². The largest absolute Gasteiger partial charge is 0.494 e. The lowest BCUT2D eigenvalue weighted by molar-refractivity contribution is 0.0992. The van der Waals surface area contributed by atoms with Gasteiger partial charge >= 0.3 is 0 Å². The lowest BCUT2D eigenvalue weighted by Gasteiger charge is -2.10. The Labute approximate surface area is 85.1 Å². The molecule has 0 saturated carbocycles. The van der Waals surface area contributed by atoms with Crippen molar-refractivity contribution in [2.24, 2.45) is 5.73 Å². The second kappa shape index (κ2) is 4.20. The van der Waals surface area contributed by atoms with Crippen LogP contribution in [0.15, 0.2) is 6.07 Å². The topological polar surface area (TPSA) is 65.2 Å². The molecule has 0 atom stereocenters. The summed E-state index contributed by atoms with van der Waals surface area (Å²) in [5, 5.41) is 0. The van der Waals surface area contributed by atoms with Crippen molar-refractivity contribution in [2.75, 3.05) is 7.11 Å². The van der Waals surface area contributed by atoms with Gasteiger partial charge in [0.25, 0.3) is 12.3 Å². The molecule has 0 aromatic carbocycles. The van der Waals surface area contributed by atoms with Crippen LogP contribution in [0, 0.1) is 6.92 Å². The molecule has 1 amide bonds. The summed E-state index contributed by atoms with van der Waals surface area (Å²) < 4.78 is 29.9. The third kappa shape index (κ3) is 2.20. The second-order valence-corrected chi connectivity index (χ2v) is 2.91. The Hall–Kier alpha value is -1.72. The number of carbonyl (C=O) groups is 1. The monoisotopic (exact) mass is 216 g/mol. The number of nitrogens with zero attached hydrogens (tertiary/aromatic N) is 1. The molecule has 0 saturated heterocycles. The number of rotatable bonds is 3. The highest BCUT2D eigenvalue weighted by Gasteiger charge is 2.20. The van der Waals surface area contributed by atoms with Gasteiger partial charge in [-0.1, -0.05) is 0 Å². The van der Waals surface area contributed by atoms with E-state index >= 15 is 0 Å². The van der Waals surface area contributed by atoms with E-state index < -0.39 is 18.0 Å². The molecule has 0 aliphatic carbocycles. The molecule has 0 unspecified atom stereocenters. The van der Waals surface area contributed by atoms with Crippen LogP contribution in [0.2, 0.25) is 0 Å². The zero-order valence-electron chi connectivity index (χ0n) is 8.25. The van der Waals surface area contributed by atoms with Crippen LogP contribution in [-0.4, -0.2) is 18.0 Å². The van der Waals surface area contributed by atoms with Crippen molar-refractivity contribution in [1.29, 1.82) is 0 Å². The SMILES string of the molecule is COc1c(C)cc(C(N)=O)nc1C(F)F. The highest BCUT2D eigenvalue weighted by Crippen LogP contribution is 2.30. The molecule has 0 bridgehead atoms. The number of nitrogens with two attached hydrogens (primary N) is 1. The fraction of sp³-hybridized carbons (Fsp3) is 0.333. The fourth-order valence-corrected chi connectivity index (χ4v) is 1.23. The number of aromatic nitrogens is 1. The van der Waals surface area contributed by atoms with Crippen molar-refractivity contribution in [3.63, 3.8) is 0 Å². The number of pyridine rings is 1. The summed E-state index contributed by atoms with van der Waals surface area (Å²) in [6.07, 6.45) is -2.81. The minimum absolute atomic E-state index is 0.0185. The van der Waals surface area contributed by atoms with Crippen LogP contribution in [0.4, 0.5) is 8.78 Å². The maximum absolute atomic E-state index is 12.5. The molecule has 82 valence electrons. The van der Waals surface area contributed by atoms with Gasteiger partial charge in [0.15, 0.2) is 0 Å². The maximum atomic E-state index is 12.5. The van der Waals surface area contributed by atoms with Crippen LogP contribution in [0.25, 0.3) is 0 Å². The minimum Gasteiger partial charge on any atom is -0.494 e. The number of hydrogen-bond donors (Lipinski definition) is 1. The molecular weight excluding hydrogens is 206 g/mol. The Balaban J connectivity index is 3.38. The standard InChI is InChI=1S/C9H10F2N2O2/c1-4-3-5(9(12)14)13-6(8(10)11)7(4)15-2/h3,8H,1-2H3,(H2,12,14). The van der Waals surface area contributed by atoms with Crippen LogP contribution in [0.5, 0.6) is 5.75 Å². The zero-order valence-corrected chi connectivity index (χ0v) is 8.25. The molecule has 0 aliphatic heterocycles. The Morgan fingerprint density at radius 2 is 2.20 bits per heavy atom. The van der Waals surface area contributed by atoms with E-state index in [2.05, 4.69) is 4.98 Å². The lowest BCUT2D eigenvalue weighted by Crippen LogP contribution is -2.15. The summed E-state index contributed by atoms with van der Waals surface area (Å²) in [5.41, 5.74) is 4.60. The highest BCUT2D eigenvalue weighted by molar-refractivity contribution is 5.91. The summed E-state index contributed by atoms with van der Waals surface area (Å²) in [6.45, 7) is 1.54. The van der Waals surface area contributed by atoms with E-state index in [1.165, 1.54) is 13.2 Å². The number of hydrogen-bond acceptors (Lipinski definition) is 3. The molecule has 0 aliphatic rings. The van der Waals surface area contributed by atoms with E-state index in [1.807, 2.05) is 0 Å². The van der Waals surface area contributed by atoms with Crippen LogP contribution < -0.4 is 10.5 Å². The molecule has 2 N–H and O–H groups in total. The van der Waals surface area contributed by atoms with Gasteiger partial charge in [0, 0.05) is 0 Å². The first-order valence-corrected chi connectivity index (χ1v) is 4.10. The lowest BCUT2D eigenvalue weighted by atomic mass is 10.2. The molecular formula is C9H10F2N2O2. The highest BCUT2D eigenvalue weighted by atomic mass is 19.3. The number of amides is 1. The van der Waals surface area contributed by atoms with Crippen molar-refractivity contribution in [1.82, 2.24) is 4.98 Å². The number of aryl methyl sites for hydroxylation is 1. The Morgan fingerprint density at radius 1 is 1.60 bits per heavy atom. The molecule has 1 rings (SSSR count). The van der Waals surface area contributed by atoms with Gasteiger partial charge in [-0.05, 0) is 18.6 Å². The molecule has 4 nitrogen and oxygen atoms in total. The fourth-order valence-electron chi connectivity index (χ4n) is 1.23. The summed E-state index contributed by atoms with van der Waals surface area (Å²) in [4.78, 5) is 14.3. The minimum atomic E-state index is -2.81. The number of carbonyl (C=O) groups excluding carboxylic acids is 1. The van der Waals surface area contributed by atoms with Crippen LogP contribution in [-0.2, 0) is 0 Å². The first-order chi connectivity index (χ1) is 6.97. The van der Waals surface area contributed by atoms with Gasteiger partial charge in [0.05, 0.1) is 7.11 Å². The van der Waals surface area contributed by atoms with E-state index in [0.717, 1.165) is 0 Å². The van der Waals surface area contributed by atoms with Gasteiger partial charge < -0.3 is 10.5 Å². The number of ether oxygens (including phenoxy) is 1. The summed E-state index contributed by atoms with van der Waals surface area (Å²) in [6, 6.07) is 1.31. The Kier molecular flexibility index (Phi) is 3.18. The molecule has 1 aromatic rings. The summed E-state index contributed by atoms with van der Waals surface area (Å²) >= 11 is 0. The molecule has 1 aromatic heterocycles. The van der Waals surface area contributed by atoms with E-state index in [1.54, 1.807) is 6.92 Å². The molecule has 6 heteroatoms. The van der Waals surface area contributed by atoms with Gasteiger partial charge in [-0.15, -0.1) is 0 Å². The predicted molar refractivity (Wildman–Crippen MR) is 49.0 cm³/mol. The maximum Gasteiger partial charge on any atom is 0.284 e. The number of methoxy groups -OCH3 is 1. The van der Waals surface area contributed by atoms with Crippen molar-refractivity contribution >= 4 is 5.91 Å². The average molecular weight is 216 g/mol. The number of primary amides is 1. The van der Waals surface area contributed by atoms with E-state index in [9.17, 15) is 13.6 Å². The van der Waals surface area contributed by atoms with Crippen LogP contribution >= 0.6 is 0 Å². The van der Waals surface area contributed by atoms with Crippen molar-refractivity contribution < 1.29 is 18.3 Å². The van der Waals surface area contributed by atoms with Crippen LogP contribution in [0.3, 0.4) is 0 Å². The summed E-state index contributed by atoms with van der Waals surface area (Å²) in [5.74, 6) is -0.863. The van der Waals surface area contributed by atoms with Gasteiger partial charge in [-0.25, -0.2) is 13.8 Å². The smallest absolute Gasteiger partial charge is 0.284 e. The van der Waals surface area contributed by atoms with Gasteiger partial charge in [0.2, 0.25) is 0 Å². The second-order valence-electron chi connectivity index (χ2n) is 2.91. The van der Waals surface area contributed by atoms with Gasteiger partial charge in [-0.2, -0.15) is 0 Å². The number of alkyl halides is 2. The van der Waals surface area contributed by atoms with Crippen LogP contribution in [0.1, 0.15) is 28.2 Å². The summed E-state index contributed by atoms with van der Waals surface area (Å²) in [7, 11) is 1.26. The molecule has 1 heterocycles. The first kappa shape index (κ1) is 11.4. The van der Waals surface area contributed by atoms with Gasteiger partial charge in [0.1, 0.15) is 17.1 Å². The Morgan fingerprint density at radius 3 is 2.60 bits per heavy atom. The van der Waals surface area contributed by atoms with E-state index in [0.29, 0.717) is 5.56 Å². The van der Waals surface area contributed by atoms with E-state index in [4.69, 9.17) is 10.5 Å². The van der Waals surface area contributed by atoms with Crippen molar-refractivity contribution in [3.8, 4) is 5.75 Å². The van der Waals surface area contributed by atoms with E-state index in [-0.39, 0.29) is 11.4 Å². The Bertz CT molecular complexity index is 394. The quantitative estimate of drug-likeness (QED) is 0.831. The average Bonchev–Trinajstić information content (AvgIpc) is 2.16. The van der Waals surface area contributed by atoms with Crippen molar-refractivity contribution in [2.45, 2.75) is 13.3 Å². The predicted octanol–water partition coefficient (Wildman–Crippen LogP) is 1.44. The molecule has 0 radical (unpaired) electrons. The first-order valence-electron chi connectivity index (χ1n) is 4.10. The third-order valence-corrected chi connectivity index (χ3v) is 1.85. The molecule has 0 fully saturated rings. The normalized spacial score (nSPS) is 10.5.